The molecule has 2 aromatic rings. The van der Waals surface area contributed by atoms with Gasteiger partial charge >= 0.3 is 0 Å². The van der Waals surface area contributed by atoms with Crippen molar-refractivity contribution in [2.45, 2.75) is 26.2 Å². The van der Waals surface area contributed by atoms with Crippen LogP contribution in [0.1, 0.15) is 25.8 Å². The SMILES string of the molecule is CN(C)c1ncc2nc(C(C)(C)C)sc2n1. The molecule has 0 saturated heterocycles. The fraction of sp³-hybridized carbons (Fsp3) is 0.545. The van der Waals surface area contributed by atoms with Crippen LogP contribution in [0, 0.1) is 0 Å². The molecule has 0 unspecified atom stereocenters. The first-order valence-corrected chi connectivity index (χ1v) is 6.01. The number of aromatic nitrogens is 3. The lowest BCUT2D eigenvalue weighted by Gasteiger charge is -2.12. The van der Waals surface area contributed by atoms with Crippen molar-refractivity contribution in [1.29, 1.82) is 0 Å². The summed E-state index contributed by atoms with van der Waals surface area (Å²) in [5.74, 6) is 0.733. The number of anilines is 1. The lowest BCUT2D eigenvalue weighted by atomic mass is 9.98. The predicted octanol–water partition coefficient (Wildman–Crippen LogP) is 2.45. The van der Waals surface area contributed by atoms with Gasteiger partial charge in [0.1, 0.15) is 15.4 Å². The largest absolute Gasteiger partial charge is 0.347 e. The highest BCUT2D eigenvalue weighted by atomic mass is 32.1. The normalized spacial score (nSPS) is 12.1. The van der Waals surface area contributed by atoms with E-state index in [0.29, 0.717) is 0 Å². The van der Waals surface area contributed by atoms with Crippen molar-refractivity contribution in [1.82, 2.24) is 15.0 Å². The lowest BCUT2D eigenvalue weighted by Crippen LogP contribution is -2.12. The summed E-state index contributed by atoms with van der Waals surface area (Å²) in [4.78, 5) is 16.2. The van der Waals surface area contributed by atoms with Gasteiger partial charge in [0.05, 0.1) is 6.20 Å². The van der Waals surface area contributed by atoms with Gasteiger partial charge in [-0.05, 0) is 0 Å². The van der Waals surface area contributed by atoms with E-state index in [1.165, 1.54) is 0 Å². The average Bonchev–Trinajstić information content (AvgIpc) is 2.58. The summed E-state index contributed by atoms with van der Waals surface area (Å²) in [5.41, 5.74) is 0.962. The molecule has 0 saturated carbocycles. The zero-order valence-corrected chi connectivity index (χ0v) is 11.1. The van der Waals surface area contributed by atoms with Gasteiger partial charge in [0.2, 0.25) is 5.95 Å². The first kappa shape index (κ1) is 11.3. The molecule has 0 aliphatic heterocycles. The van der Waals surface area contributed by atoms with Crippen LogP contribution in [0.5, 0.6) is 0 Å². The molecule has 0 atom stereocenters. The van der Waals surface area contributed by atoms with E-state index >= 15 is 0 Å². The third kappa shape index (κ3) is 2.00. The summed E-state index contributed by atoms with van der Waals surface area (Å²) < 4.78 is 0. The van der Waals surface area contributed by atoms with Gasteiger partial charge in [0.25, 0.3) is 0 Å². The maximum Gasteiger partial charge on any atom is 0.226 e. The number of hydrogen-bond donors (Lipinski definition) is 0. The topological polar surface area (TPSA) is 41.9 Å². The second-order valence-corrected chi connectivity index (χ2v) is 6.00. The zero-order chi connectivity index (χ0) is 11.9. The number of hydrogen-bond acceptors (Lipinski definition) is 5. The number of rotatable bonds is 1. The Balaban J connectivity index is 2.54. The predicted molar refractivity (Wildman–Crippen MR) is 68.2 cm³/mol. The first-order chi connectivity index (χ1) is 7.38. The maximum absolute atomic E-state index is 4.56. The second kappa shape index (κ2) is 3.66. The van der Waals surface area contributed by atoms with E-state index in [1.807, 2.05) is 19.0 Å². The number of nitrogens with zero attached hydrogens (tertiary/aromatic N) is 4. The zero-order valence-electron chi connectivity index (χ0n) is 10.3. The van der Waals surface area contributed by atoms with Gasteiger partial charge in [0, 0.05) is 19.5 Å². The highest BCUT2D eigenvalue weighted by Gasteiger charge is 2.19. The fourth-order valence-corrected chi connectivity index (χ4v) is 2.23. The van der Waals surface area contributed by atoms with Crippen molar-refractivity contribution >= 4 is 27.6 Å². The van der Waals surface area contributed by atoms with Crippen molar-refractivity contribution in [3.63, 3.8) is 0 Å². The van der Waals surface area contributed by atoms with Gasteiger partial charge in [0.15, 0.2) is 0 Å². The molecule has 0 amide bonds. The standard InChI is InChI=1S/C11H16N4S/c1-11(2,3)9-13-7-6-12-10(15(4)5)14-8(7)16-9/h6H,1-5H3. The van der Waals surface area contributed by atoms with E-state index in [1.54, 1.807) is 17.5 Å². The van der Waals surface area contributed by atoms with E-state index in [2.05, 4.69) is 35.7 Å². The van der Waals surface area contributed by atoms with Gasteiger partial charge < -0.3 is 4.90 Å². The van der Waals surface area contributed by atoms with Crippen LogP contribution < -0.4 is 4.90 Å². The summed E-state index contributed by atoms with van der Waals surface area (Å²) in [6.07, 6.45) is 1.80. The van der Waals surface area contributed by atoms with E-state index in [9.17, 15) is 0 Å². The highest BCUT2D eigenvalue weighted by Crippen LogP contribution is 2.30. The van der Waals surface area contributed by atoms with E-state index in [4.69, 9.17) is 0 Å². The van der Waals surface area contributed by atoms with Crippen molar-refractivity contribution in [2.75, 3.05) is 19.0 Å². The Morgan fingerprint density at radius 3 is 2.44 bits per heavy atom. The Labute approximate surface area is 99.4 Å². The van der Waals surface area contributed by atoms with E-state index in [-0.39, 0.29) is 5.41 Å². The van der Waals surface area contributed by atoms with Crippen LogP contribution >= 0.6 is 11.3 Å². The minimum Gasteiger partial charge on any atom is -0.347 e. The molecule has 0 N–H and O–H groups in total. The van der Waals surface area contributed by atoms with Crippen LogP contribution in [-0.2, 0) is 5.41 Å². The highest BCUT2D eigenvalue weighted by molar-refractivity contribution is 7.18. The molecule has 16 heavy (non-hydrogen) atoms. The minimum absolute atomic E-state index is 0.0731. The molecule has 5 heteroatoms. The second-order valence-electron chi connectivity index (χ2n) is 5.02. The van der Waals surface area contributed by atoms with Crippen molar-refractivity contribution < 1.29 is 0 Å². The molecule has 0 aromatic carbocycles. The molecule has 2 aromatic heterocycles. The molecular weight excluding hydrogens is 220 g/mol. The van der Waals surface area contributed by atoms with E-state index < -0.39 is 0 Å². The van der Waals surface area contributed by atoms with Gasteiger partial charge in [-0.2, -0.15) is 0 Å². The van der Waals surface area contributed by atoms with Crippen molar-refractivity contribution in [3.8, 4) is 0 Å². The maximum atomic E-state index is 4.56. The Hall–Kier alpha value is -1.23. The fourth-order valence-electron chi connectivity index (χ4n) is 1.26. The first-order valence-electron chi connectivity index (χ1n) is 5.19. The quantitative estimate of drug-likeness (QED) is 0.762. The Morgan fingerprint density at radius 2 is 1.88 bits per heavy atom. The van der Waals surface area contributed by atoms with Crippen LogP contribution in [-0.4, -0.2) is 29.0 Å². The Bertz CT molecular complexity index is 510. The summed E-state index contributed by atoms with van der Waals surface area (Å²) in [5, 5.41) is 1.10. The Morgan fingerprint density at radius 1 is 1.19 bits per heavy atom. The summed E-state index contributed by atoms with van der Waals surface area (Å²) in [7, 11) is 3.87. The van der Waals surface area contributed by atoms with Gasteiger partial charge in [-0.1, -0.05) is 32.1 Å². The number of fused-ring (bicyclic) bond motifs is 1. The third-order valence-corrected chi connectivity index (χ3v) is 3.57. The molecule has 86 valence electrons. The van der Waals surface area contributed by atoms with Gasteiger partial charge in [-0.25, -0.2) is 15.0 Å². The summed E-state index contributed by atoms with van der Waals surface area (Å²) >= 11 is 1.65. The Kier molecular flexibility index (Phi) is 2.58. The molecule has 0 spiro atoms. The van der Waals surface area contributed by atoms with Crippen molar-refractivity contribution in [3.05, 3.63) is 11.2 Å². The molecule has 0 fully saturated rings. The third-order valence-electron chi connectivity index (χ3n) is 2.18. The van der Waals surface area contributed by atoms with Crippen LogP contribution in [0.4, 0.5) is 5.95 Å². The lowest BCUT2D eigenvalue weighted by molar-refractivity contribution is 0.587. The molecule has 0 bridgehead atoms. The van der Waals surface area contributed by atoms with Gasteiger partial charge in [-0.3, -0.25) is 0 Å². The van der Waals surface area contributed by atoms with Crippen molar-refractivity contribution in [2.24, 2.45) is 0 Å². The van der Waals surface area contributed by atoms with Crippen LogP contribution in [0.3, 0.4) is 0 Å². The molecule has 2 rings (SSSR count). The molecule has 0 aliphatic rings. The molecule has 0 radical (unpaired) electrons. The van der Waals surface area contributed by atoms with Crippen LogP contribution in [0.15, 0.2) is 6.20 Å². The average molecular weight is 236 g/mol. The summed E-state index contributed by atoms with van der Waals surface area (Å²) in [6.45, 7) is 6.47. The molecule has 2 heterocycles. The monoisotopic (exact) mass is 236 g/mol. The van der Waals surface area contributed by atoms with Gasteiger partial charge in [-0.15, -0.1) is 0 Å². The smallest absolute Gasteiger partial charge is 0.226 e. The van der Waals surface area contributed by atoms with E-state index in [0.717, 1.165) is 21.3 Å². The molecular formula is C11H16N4S. The van der Waals surface area contributed by atoms with Crippen LogP contribution in [0.2, 0.25) is 0 Å². The minimum atomic E-state index is 0.0731. The summed E-state index contributed by atoms with van der Waals surface area (Å²) in [6, 6.07) is 0. The molecule has 0 aliphatic carbocycles. The number of thiazole rings is 1. The van der Waals surface area contributed by atoms with Crippen LogP contribution in [0.25, 0.3) is 10.3 Å². The molecule has 4 nitrogen and oxygen atoms in total.